The molecule has 0 radical (unpaired) electrons. The smallest absolute Gasteiger partial charge is 0.248 e. The number of nitrogens with zero attached hydrogens (tertiary/aromatic N) is 1. The van der Waals surface area contributed by atoms with E-state index in [4.69, 9.17) is 5.73 Å². The van der Waals surface area contributed by atoms with E-state index in [9.17, 15) is 4.79 Å². The number of fused-ring (bicyclic) bond motifs is 2. The van der Waals surface area contributed by atoms with Crippen LogP contribution in [0.3, 0.4) is 0 Å². The molecule has 0 unspecified atom stereocenters. The average molecular weight is 486 g/mol. The van der Waals surface area contributed by atoms with Crippen molar-refractivity contribution in [3.8, 4) is 10.4 Å². The van der Waals surface area contributed by atoms with Crippen LogP contribution in [-0.4, -0.2) is 24.4 Å². The summed E-state index contributed by atoms with van der Waals surface area (Å²) in [6, 6.07) is 18.3. The molecule has 0 spiro atoms. The summed E-state index contributed by atoms with van der Waals surface area (Å²) in [5.74, 6) is 2.84. The summed E-state index contributed by atoms with van der Waals surface area (Å²) in [5, 5.41) is 4.95. The van der Waals surface area contributed by atoms with E-state index >= 15 is 0 Å². The maximum absolute atomic E-state index is 12.5. The molecule has 2 bridgehead atoms. The molecule has 5 heteroatoms. The van der Waals surface area contributed by atoms with Crippen molar-refractivity contribution in [3.05, 3.63) is 77.2 Å². The predicted octanol–water partition coefficient (Wildman–Crippen LogP) is 6.91. The SMILES string of the molecule is CN(CCC1CC2CC(C1)C2)Cc1ccc(/C=C/C(=O)Nc2cc(-c3cccs3)ccc2N)cc1. The number of carbonyl (C=O) groups excluding carboxylic acids is 1. The van der Waals surface area contributed by atoms with Gasteiger partial charge in [-0.25, -0.2) is 0 Å². The highest BCUT2D eigenvalue weighted by Gasteiger charge is 2.37. The molecule has 0 atom stereocenters. The Morgan fingerprint density at radius 3 is 2.57 bits per heavy atom. The van der Waals surface area contributed by atoms with Gasteiger partial charge in [0.1, 0.15) is 0 Å². The first-order valence-electron chi connectivity index (χ1n) is 12.7. The van der Waals surface area contributed by atoms with E-state index in [2.05, 4.69) is 47.6 Å². The Hall–Kier alpha value is -2.89. The maximum atomic E-state index is 12.5. The van der Waals surface area contributed by atoms with Crippen LogP contribution in [-0.2, 0) is 11.3 Å². The van der Waals surface area contributed by atoms with Crippen LogP contribution in [0.2, 0.25) is 0 Å². The number of carbonyl (C=O) groups is 1. The summed E-state index contributed by atoms with van der Waals surface area (Å²) < 4.78 is 0. The molecule has 4 nitrogen and oxygen atoms in total. The van der Waals surface area contributed by atoms with Crippen LogP contribution >= 0.6 is 11.3 Å². The monoisotopic (exact) mass is 485 g/mol. The van der Waals surface area contributed by atoms with Gasteiger partial charge in [-0.1, -0.05) is 36.4 Å². The minimum absolute atomic E-state index is 0.191. The summed E-state index contributed by atoms with van der Waals surface area (Å²) in [6.07, 6.45) is 10.7. The van der Waals surface area contributed by atoms with E-state index < -0.39 is 0 Å². The number of hydrogen-bond donors (Lipinski definition) is 2. The number of nitrogens with two attached hydrogens (primary N) is 1. The summed E-state index contributed by atoms with van der Waals surface area (Å²) >= 11 is 1.66. The van der Waals surface area contributed by atoms with Gasteiger partial charge in [0.15, 0.2) is 0 Å². The average Bonchev–Trinajstić information content (AvgIpc) is 3.39. The zero-order valence-corrected chi connectivity index (χ0v) is 21.3. The molecule has 3 N–H and O–H groups in total. The highest BCUT2D eigenvalue weighted by molar-refractivity contribution is 7.13. The van der Waals surface area contributed by atoms with Crippen LogP contribution in [0.5, 0.6) is 0 Å². The summed E-state index contributed by atoms with van der Waals surface area (Å²) in [5.41, 5.74) is 10.6. The zero-order valence-electron chi connectivity index (χ0n) is 20.5. The van der Waals surface area contributed by atoms with Crippen molar-refractivity contribution in [2.75, 3.05) is 24.6 Å². The molecule has 3 saturated carbocycles. The van der Waals surface area contributed by atoms with Crippen LogP contribution in [0, 0.1) is 17.8 Å². The molecule has 2 aromatic carbocycles. The first kappa shape index (κ1) is 23.8. The molecule has 1 amide bonds. The van der Waals surface area contributed by atoms with Crippen molar-refractivity contribution in [2.24, 2.45) is 17.8 Å². The Labute approximate surface area is 212 Å². The third-order valence-corrected chi connectivity index (χ3v) is 8.48. The minimum Gasteiger partial charge on any atom is -0.397 e. The normalized spacial score (nSPS) is 21.3. The number of hydrogen-bond acceptors (Lipinski definition) is 4. The number of anilines is 2. The van der Waals surface area contributed by atoms with Gasteiger partial charge in [0.2, 0.25) is 5.91 Å². The topological polar surface area (TPSA) is 58.4 Å². The summed E-state index contributed by atoms with van der Waals surface area (Å²) in [4.78, 5) is 16.1. The molecule has 6 rings (SSSR count). The highest BCUT2D eigenvalue weighted by atomic mass is 32.1. The number of nitrogen functional groups attached to an aromatic ring is 1. The van der Waals surface area contributed by atoms with Gasteiger partial charge >= 0.3 is 0 Å². The fourth-order valence-electron chi connectivity index (χ4n) is 5.67. The Kier molecular flexibility index (Phi) is 7.35. The van der Waals surface area contributed by atoms with Crippen LogP contribution in [0.1, 0.15) is 43.2 Å². The van der Waals surface area contributed by atoms with E-state index in [0.717, 1.165) is 40.3 Å². The van der Waals surface area contributed by atoms with Crippen molar-refractivity contribution in [1.82, 2.24) is 4.90 Å². The van der Waals surface area contributed by atoms with Gasteiger partial charge in [-0.05, 0) is 110 Å². The second kappa shape index (κ2) is 10.8. The molecule has 1 heterocycles. The fourth-order valence-corrected chi connectivity index (χ4v) is 6.39. The predicted molar refractivity (Wildman–Crippen MR) is 148 cm³/mol. The summed E-state index contributed by atoms with van der Waals surface area (Å²) in [7, 11) is 2.22. The molecule has 3 aliphatic rings. The molecule has 0 aliphatic heterocycles. The Balaban J connectivity index is 1.10. The van der Waals surface area contributed by atoms with Crippen LogP contribution in [0.4, 0.5) is 11.4 Å². The quantitative estimate of drug-likeness (QED) is 0.256. The molecule has 0 saturated heterocycles. The van der Waals surface area contributed by atoms with Crippen molar-refractivity contribution in [3.63, 3.8) is 0 Å². The van der Waals surface area contributed by atoms with Gasteiger partial charge < -0.3 is 16.0 Å². The van der Waals surface area contributed by atoms with Crippen LogP contribution in [0.25, 0.3) is 16.5 Å². The van der Waals surface area contributed by atoms with Gasteiger partial charge in [-0.3, -0.25) is 4.79 Å². The molecule has 3 aromatic rings. The second-order valence-corrected chi connectivity index (χ2v) is 11.4. The van der Waals surface area contributed by atoms with E-state index in [-0.39, 0.29) is 5.91 Å². The number of benzene rings is 2. The maximum Gasteiger partial charge on any atom is 0.248 e. The lowest BCUT2D eigenvalue weighted by atomic mass is 9.61. The van der Waals surface area contributed by atoms with Crippen molar-refractivity contribution < 1.29 is 4.79 Å². The van der Waals surface area contributed by atoms with Crippen molar-refractivity contribution in [1.29, 1.82) is 0 Å². The molecule has 3 fully saturated rings. The molecule has 35 heavy (non-hydrogen) atoms. The number of amides is 1. The highest BCUT2D eigenvalue weighted by Crippen LogP contribution is 2.49. The molecule has 182 valence electrons. The van der Waals surface area contributed by atoms with Crippen molar-refractivity contribution in [2.45, 2.75) is 38.6 Å². The fraction of sp³-hybridized carbons (Fsp3) is 0.367. The molecule has 1 aromatic heterocycles. The number of rotatable bonds is 9. The molecular weight excluding hydrogens is 450 g/mol. The molecular formula is C30H35N3OS. The third-order valence-electron chi connectivity index (χ3n) is 7.56. The van der Waals surface area contributed by atoms with E-state index in [1.165, 1.54) is 44.2 Å². The van der Waals surface area contributed by atoms with Gasteiger partial charge in [0.25, 0.3) is 0 Å². The van der Waals surface area contributed by atoms with Gasteiger partial charge in [0.05, 0.1) is 11.4 Å². The van der Waals surface area contributed by atoms with Crippen LogP contribution < -0.4 is 11.1 Å². The molecule has 3 aliphatic carbocycles. The Morgan fingerprint density at radius 1 is 1.09 bits per heavy atom. The lowest BCUT2D eigenvalue weighted by molar-refractivity contribution is -0.111. The van der Waals surface area contributed by atoms with Gasteiger partial charge in [-0.2, -0.15) is 0 Å². The zero-order chi connectivity index (χ0) is 24.2. The second-order valence-electron chi connectivity index (χ2n) is 10.4. The Morgan fingerprint density at radius 2 is 1.86 bits per heavy atom. The van der Waals surface area contributed by atoms with Gasteiger partial charge in [0, 0.05) is 17.5 Å². The van der Waals surface area contributed by atoms with E-state index in [0.29, 0.717) is 11.4 Å². The number of thiophene rings is 1. The lowest BCUT2D eigenvalue weighted by Gasteiger charge is -2.45. The minimum atomic E-state index is -0.191. The standard InChI is InChI=1S/C30H35N3OS/c1-33(13-12-23-15-24-17-25(16-23)18-24)20-22-6-4-21(5-7-22)8-11-30(34)32-28-19-26(9-10-27(28)31)29-3-2-14-35-29/h2-11,14,19,23-25H,12-13,15-18,20,31H2,1H3,(H,32,34)/b11-8+. The number of nitrogens with one attached hydrogen (secondary N) is 1. The first-order chi connectivity index (χ1) is 17.0. The summed E-state index contributed by atoms with van der Waals surface area (Å²) in [6.45, 7) is 2.13. The van der Waals surface area contributed by atoms with Gasteiger partial charge in [-0.15, -0.1) is 11.3 Å². The lowest BCUT2D eigenvalue weighted by Crippen LogP contribution is -2.35. The largest absolute Gasteiger partial charge is 0.397 e. The Bertz CT molecular complexity index is 1150. The van der Waals surface area contributed by atoms with Crippen molar-refractivity contribution >= 4 is 34.7 Å². The van der Waals surface area contributed by atoms with E-state index in [1.807, 2.05) is 35.7 Å². The third kappa shape index (κ3) is 6.22. The van der Waals surface area contributed by atoms with Crippen LogP contribution in [0.15, 0.2) is 66.1 Å². The first-order valence-corrected chi connectivity index (χ1v) is 13.6. The van der Waals surface area contributed by atoms with E-state index in [1.54, 1.807) is 17.4 Å².